The van der Waals surface area contributed by atoms with Crippen LogP contribution in [-0.2, 0) is 4.74 Å². The number of hydrogen-bond donors (Lipinski definition) is 0. The van der Waals surface area contributed by atoms with Gasteiger partial charge in [0, 0.05) is 31.7 Å². The van der Waals surface area contributed by atoms with Gasteiger partial charge in [-0.25, -0.2) is 4.98 Å². The molecule has 0 unspecified atom stereocenters. The predicted octanol–water partition coefficient (Wildman–Crippen LogP) is 4.31. The van der Waals surface area contributed by atoms with Crippen molar-refractivity contribution in [1.82, 2.24) is 9.88 Å². The molecule has 1 aliphatic heterocycles. The summed E-state index contributed by atoms with van der Waals surface area (Å²) in [7, 11) is 0. The number of para-hydroxylation sites is 1. The van der Waals surface area contributed by atoms with E-state index in [2.05, 4.69) is 24.0 Å². The highest BCUT2D eigenvalue weighted by Gasteiger charge is 2.23. The molecule has 0 aliphatic carbocycles. The number of halogens is 1. The Morgan fingerprint density at radius 1 is 1.17 bits per heavy atom. The van der Waals surface area contributed by atoms with Crippen molar-refractivity contribution in [2.75, 3.05) is 44.3 Å². The summed E-state index contributed by atoms with van der Waals surface area (Å²) < 4.78 is 6.56. The summed E-state index contributed by atoms with van der Waals surface area (Å²) in [6, 6.07) is 14.0. The number of carbonyl (C=O) groups is 1. The smallest absolute Gasteiger partial charge is 0.260 e. The monoisotopic (exact) mass is 431 g/mol. The fraction of sp³-hybridized carbons (Fsp3) is 0.364. The Morgan fingerprint density at radius 2 is 1.93 bits per heavy atom. The van der Waals surface area contributed by atoms with Crippen molar-refractivity contribution in [2.45, 2.75) is 13.8 Å². The van der Waals surface area contributed by atoms with Crippen molar-refractivity contribution in [1.29, 1.82) is 0 Å². The summed E-state index contributed by atoms with van der Waals surface area (Å²) in [6.07, 6.45) is 0. The first kappa shape index (κ1) is 21.7. The Morgan fingerprint density at radius 3 is 2.66 bits per heavy atom. The molecule has 0 atom stereocenters. The van der Waals surface area contributed by atoms with Gasteiger partial charge in [-0.05, 0) is 37.6 Å². The summed E-state index contributed by atoms with van der Waals surface area (Å²) in [5.74, 6) is 0.00803. The number of thiazole rings is 1. The first-order valence-corrected chi connectivity index (χ1v) is 10.5. The molecule has 29 heavy (non-hydrogen) atoms. The second-order valence-electron chi connectivity index (χ2n) is 7.20. The SMILES string of the molecule is Cc1cccc(C(=O)N(CCN2CCOCC2)c2nc3c(C)cccc3s2)c1.Cl. The van der Waals surface area contributed by atoms with Crippen molar-refractivity contribution in [3.8, 4) is 0 Å². The van der Waals surface area contributed by atoms with Crippen LogP contribution in [0.5, 0.6) is 0 Å². The third-order valence-electron chi connectivity index (χ3n) is 5.09. The number of morpholine rings is 1. The molecule has 4 rings (SSSR count). The van der Waals surface area contributed by atoms with Crippen LogP contribution >= 0.6 is 23.7 Å². The Kier molecular flexibility index (Phi) is 7.24. The number of rotatable bonds is 5. The quantitative estimate of drug-likeness (QED) is 0.603. The molecular weight excluding hydrogens is 406 g/mol. The third-order valence-corrected chi connectivity index (χ3v) is 6.14. The lowest BCUT2D eigenvalue weighted by molar-refractivity contribution is 0.0391. The molecule has 0 N–H and O–H groups in total. The lowest BCUT2D eigenvalue weighted by Gasteiger charge is -2.29. The summed E-state index contributed by atoms with van der Waals surface area (Å²) in [6.45, 7) is 8.83. The maximum Gasteiger partial charge on any atom is 0.260 e. The minimum absolute atomic E-state index is 0. The van der Waals surface area contributed by atoms with E-state index in [1.165, 1.54) is 0 Å². The van der Waals surface area contributed by atoms with Crippen LogP contribution in [0.25, 0.3) is 10.2 Å². The maximum absolute atomic E-state index is 13.4. The molecule has 1 fully saturated rings. The maximum atomic E-state index is 13.4. The highest BCUT2D eigenvalue weighted by atomic mass is 35.5. The number of anilines is 1. The fourth-order valence-corrected chi connectivity index (χ4v) is 4.54. The van der Waals surface area contributed by atoms with Gasteiger partial charge in [0.25, 0.3) is 5.91 Å². The van der Waals surface area contributed by atoms with Gasteiger partial charge in [0.2, 0.25) is 0 Å². The molecule has 2 heterocycles. The van der Waals surface area contributed by atoms with Crippen LogP contribution in [0.4, 0.5) is 5.13 Å². The fourth-order valence-electron chi connectivity index (χ4n) is 3.47. The van der Waals surface area contributed by atoms with Crippen LogP contribution in [0.15, 0.2) is 42.5 Å². The van der Waals surface area contributed by atoms with Gasteiger partial charge < -0.3 is 4.74 Å². The molecule has 0 saturated carbocycles. The van der Waals surface area contributed by atoms with Crippen LogP contribution in [0.3, 0.4) is 0 Å². The topological polar surface area (TPSA) is 45.7 Å². The zero-order valence-electron chi connectivity index (χ0n) is 16.8. The molecule has 5 nitrogen and oxygen atoms in total. The molecule has 154 valence electrons. The molecule has 7 heteroatoms. The molecule has 0 spiro atoms. The van der Waals surface area contributed by atoms with E-state index < -0.39 is 0 Å². The second-order valence-corrected chi connectivity index (χ2v) is 8.21. The number of aromatic nitrogens is 1. The van der Waals surface area contributed by atoms with Gasteiger partial charge in [0.1, 0.15) is 0 Å². The van der Waals surface area contributed by atoms with E-state index in [9.17, 15) is 4.79 Å². The number of carbonyl (C=O) groups excluding carboxylic acids is 1. The van der Waals surface area contributed by atoms with Crippen LogP contribution in [0.2, 0.25) is 0 Å². The van der Waals surface area contributed by atoms with Crippen molar-refractivity contribution in [3.05, 3.63) is 59.2 Å². The van der Waals surface area contributed by atoms with E-state index in [4.69, 9.17) is 9.72 Å². The number of hydrogen-bond acceptors (Lipinski definition) is 5. The summed E-state index contributed by atoms with van der Waals surface area (Å²) >= 11 is 1.58. The first-order chi connectivity index (χ1) is 13.6. The predicted molar refractivity (Wildman–Crippen MR) is 122 cm³/mol. The van der Waals surface area contributed by atoms with E-state index in [0.717, 1.165) is 59.3 Å². The van der Waals surface area contributed by atoms with Crippen molar-refractivity contribution in [3.63, 3.8) is 0 Å². The zero-order valence-corrected chi connectivity index (χ0v) is 18.4. The molecule has 1 amide bonds. The first-order valence-electron chi connectivity index (χ1n) is 9.66. The minimum Gasteiger partial charge on any atom is -0.379 e. The van der Waals surface area contributed by atoms with E-state index in [1.54, 1.807) is 11.3 Å². The van der Waals surface area contributed by atoms with E-state index in [-0.39, 0.29) is 18.3 Å². The molecule has 3 aromatic rings. The van der Waals surface area contributed by atoms with Crippen LogP contribution in [-0.4, -0.2) is 55.2 Å². The zero-order chi connectivity index (χ0) is 19.5. The molecule has 0 bridgehead atoms. The van der Waals surface area contributed by atoms with Crippen molar-refractivity contribution >= 4 is 45.0 Å². The highest BCUT2D eigenvalue weighted by Crippen LogP contribution is 2.31. The number of ether oxygens (including phenoxy) is 1. The largest absolute Gasteiger partial charge is 0.379 e. The Labute approximate surface area is 181 Å². The average Bonchev–Trinajstić information content (AvgIpc) is 3.14. The van der Waals surface area contributed by atoms with Gasteiger partial charge in [-0.3, -0.25) is 14.6 Å². The minimum atomic E-state index is 0. The highest BCUT2D eigenvalue weighted by molar-refractivity contribution is 7.22. The van der Waals surface area contributed by atoms with Gasteiger partial charge in [-0.1, -0.05) is 41.2 Å². The number of aryl methyl sites for hydroxylation is 2. The Balaban J connectivity index is 0.00000240. The lowest BCUT2D eigenvalue weighted by atomic mass is 10.1. The van der Waals surface area contributed by atoms with Gasteiger partial charge >= 0.3 is 0 Å². The third kappa shape index (κ3) is 4.95. The standard InChI is InChI=1S/C22H25N3O2S.ClH/c1-16-5-3-7-18(15-16)21(26)25(10-9-24-11-13-27-14-12-24)22-23-20-17(2)6-4-8-19(20)28-22;/h3-8,15H,9-14H2,1-2H3;1H. The number of fused-ring (bicyclic) bond motifs is 1. The van der Waals surface area contributed by atoms with Crippen LogP contribution in [0, 0.1) is 13.8 Å². The molecule has 1 aromatic heterocycles. The molecule has 0 radical (unpaired) electrons. The molecule has 1 aliphatic rings. The number of benzene rings is 2. The van der Waals surface area contributed by atoms with E-state index >= 15 is 0 Å². The molecule has 1 saturated heterocycles. The van der Waals surface area contributed by atoms with Gasteiger partial charge in [0.05, 0.1) is 23.4 Å². The normalized spacial score (nSPS) is 14.6. The Bertz CT molecular complexity index is 985. The van der Waals surface area contributed by atoms with Gasteiger partial charge in [-0.2, -0.15) is 0 Å². The summed E-state index contributed by atoms with van der Waals surface area (Å²) in [5.41, 5.74) is 3.91. The van der Waals surface area contributed by atoms with E-state index in [1.807, 2.05) is 42.2 Å². The van der Waals surface area contributed by atoms with Crippen molar-refractivity contribution in [2.24, 2.45) is 0 Å². The number of nitrogens with zero attached hydrogens (tertiary/aromatic N) is 3. The summed E-state index contributed by atoms with van der Waals surface area (Å²) in [5, 5.41) is 0.768. The molecular formula is C22H26ClN3O2S. The number of amides is 1. The molecule has 2 aromatic carbocycles. The summed E-state index contributed by atoms with van der Waals surface area (Å²) in [4.78, 5) is 22.4. The average molecular weight is 432 g/mol. The second kappa shape index (κ2) is 9.67. The van der Waals surface area contributed by atoms with Crippen molar-refractivity contribution < 1.29 is 9.53 Å². The van der Waals surface area contributed by atoms with Crippen LogP contribution < -0.4 is 4.90 Å². The Hall–Kier alpha value is -1.99. The van der Waals surface area contributed by atoms with Gasteiger partial charge in [0.15, 0.2) is 5.13 Å². The van der Waals surface area contributed by atoms with Crippen LogP contribution in [0.1, 0.15) is 21.5 Å². The van der Waals surface area contributed by atoms with Gasteiger partial charge in [-0.15, -0.1) is 12.4 Å². The van der Waals surface area contributed by atoms with E-state index in [0.29, 0.717) is 12.1 Å². The lowest BCUT2D eigenvalue weighted by Crippen LogP contribution is -2.43.